The molecule has 0 saturated carbocycles. The van der Waals surface area contributed by atoms with Gasteiger partial charge >= 0.3 is 6.61 Å². The number of hydrogen-bond acceptors (Lipinski definition) is 7. The van der Waals surface area contributed by atoms with Gasteiger partial charge in [0.15, 0.2) is 11.5 Å². The van der Waals surface area contributed by atoms with Crippen molar-refractivity contribution in [2.75, 3.05) is 14.2 Å². The number of methoxy groups -OCH3 is 1. The van der Waals surface area contributed by atoms with Gasteiger partial charge in [0.1, 0.15) is 15.9 Å². The standard InChI is InChI=1S/C16H15F2N3O4S2/c1-21(9-10-6-7-12(24-2)13(8-10)25-16(17)18)27(22,23)14-5-3-4-11-15(14)20-26-19-11/h3-8,16H,9H2,1-2H3. The maximum atomic E-state index is 12.9. The fourth-order valence-electron chi connectivity index (χ4n) is 2.51. The summed E-state index contributed by atoms with van der Waals surface area (Å²) in [5.41, 5.74) is 1.25. The predicted molar refractivity (Wildman–Crippen MR) is 95.7 cm³/mol. The molecule has 0 unspecified atom stereocenters. The first-order valence-corrected chi connectivity index (χ1v) is 9.79. The number of benzene rings is 2. The van der Waals surface area contributed by atoms with Crippen LogP contribution in [0.1, 0.15) is 5.56 Å². The monoisotopic (exact) mass is 415 g/mol. The molecule has 144 valence electrons. The van der Waals surface area contributed by atoms with Crippen molar-refractivity contribution in [1.82, 2.24) is 13.1 Å². The molecule has 0 aliphatic rings. The lowest BCUT2D eigenvalue weighted by Gasteiger charge is -2.18. The largest absolute Gasteiger partial charge is 0.493 e. The van der Waals surface area contributed by atoms with E-state index in [-0.39, 0.29) is 22.9 Å². The van der Waals surface area contributed by atoms with Crippen molar-refractivity contribution in [3.8, 4) is 11.5 Å². The van der Waals surface area contributed by atoms with E-state index in [0.29, 0.717) is 16.6 Å². The molecule has 0 saturated heterocycles. The van der Waals surface area contributed by atoms with E-state index in [2.05, 4.69) is 13.5 Å². The summed E-state index contributed by atoms with van der Waals surface area (Å²) < 4.78 is 69.6. The smallest absolute Gasteiger partial charge is 0.387 e. The Bertz CT molecular complexity index is 1060. The number of aromatic nitrogens is 2. The van der Waals surface area contributed by atoms with E-state index < -0.39 is 16.6 Å². The van der Waals surface area contributed by atoms with E-state index >= 15 is 0 Å². The van der Waals surface area contributed by atoms with Gasteiger partial charge in [-0.25, -0.2) is 8.42 Å². The summed E-state index contributed by atoms with van der Waals surface area (Å²) in [7, 11) is -1.15. The van der Waals surface area contributed by atoms with Crippen molar-refractivity contribution in [2.24, 2.45) is 0 Å². The first-order valence-electron chi connectivity index (χ1n) is 7.62. The highest BCUT2D eigenvalue weighted by molar-refractivity contribution is 7.89. The first-order chi connectivity index (χ1) is 12.8. The van der Waals surface area contributed by atoms with Crippen LogP contribution in [0.25, 0.3) is 11.0 Å². The zero-order valence-corrected chi connectivity index (χ0v) is 15.9. The highest BCUT2D eigenvalue weighted by Gasteiger charge is 2.25. The van der Waals surface area contributed by atoms with Gasteiger partial charge < -0.3 is 9.47 Å². The Balaban J connectivity index is 1.90. The van der Waals surface area contributed by atoms with Crippen LogP contribution in [0.3, 0.4) is 0 Å². The highest BCUT2D eigenvalue weighted by atomic mass is 32.2. The maximum absolute atomic E-state index is 12.9. The van der Waals surface area contributed by atoms with Gasteiger partial charge in [-0.3, -0.25) is 0 Å². The quantitative estimate of drug-likeness (QED) is 0.590. The van der Waals surface area contributed by atoms with Crippen LogP contribution in [-0.2, 0) is 16.6 Å². The summed E-state index contributed by atoms with van der Waals surface area (Å²) in [6.45, 7) is -3.08. The molecule has 0 aliphatic carbocycles. The summed E-state index contributed by atoms with van der Waals surface area (Å²) in [5, 5.41) is 0. The third-order valence-electron chi connectivity index (χ3n) is 3.79. The minimum atomic E-state index is -3.87. The highest BCUT2D eigenvalue weighted by Crippen LogP contribution is 2.31. The Morgan fingerprint density at radius 2 is 1.96 bits per heavy atom. The molecule has 0 fully saturated rings. The summed E-state index contributed by atoms with van der Waals surface area (Å²) in [6, 6.07) is 9.06. The predicted octanol–water partition coefficient (Wildman–Crippen LogP) is 3.12. The van der Waals surface area contributed by atoms with Gasteiger partial charge in [0.25, 0.3) is 0 Å². The lowest BCUT2D eigenvalue weighted by atomic mass is 10.2. The number of nitrogens with zero attached hydrogens (tertiary/aromatic N) is 3. The molecule has 1 heterocycles. The molecule has 2 aromatic carbocycles. The fourth-order valence-corrected chi connectivity index (χ4v) is 4.41. The third-order valence-corrected chi connectivity index (χ3v) is 6.16. The topological polar surface area (TPSA) is 81.6 Å². The van der Waals surface area contributed by atoms with Gasteiger partial charge in [-0.1, -0.05) is 12.1 Å². The van der Waals surface area contributed by atoms with Crippen molar-refractivity contribution in [1.29, 1.82) is 0 Å². The minimum Gasteiger partial charge on any atom is -0.493 e. The average molecular weight is 415 g/mol. The Labute approximate surface area is 158 Å². The number of alkyl halides is 2. The molecule has 0 aliphatic heterocycles. The first kappa shape index (κ1) is 19.4. The summed E-state index contributed by atoms with van der Waals surface area (Å²) >= 11 is 0.926. The second-order valence-corrected chi connectivity index (χ2v) is 8.05. The van der Waals surface area contributed by atoms with Crippen molar-refractivity contribution in [2.45, 2.75) is 18.1 Å². The molecule has 0 N–H and O–H groups in total. The summed E-state index contributed by atoms with van der Waals surface area (Å²) in [6.07, 6.45) is 0. The molecule has 0 bridgehead atoms. The molecule has 3 rings (SSSR count). The Morgan fingerprint density at radius 3 is 2.67 bits per heavy atom. The van der Waals surface area contributed by atoms with Crippen molar-refractivity contribution < 1.29 is 26.7 Å². The average Bonchev–Trinajstić information content (AvgIpc) is 3.10. The lowest BCUT2D eigenvalue weighted by molar-refractivity contribution is -0.0512. The number of fused-ring (bicyclic) bond motifs is 1. The number of rotatable bonds is 7. The molecule has 0 spiro atoms. The van der Waals surface area contributed by atoms with Crippen LogP contribution in [0.4, 0.5) is 8.78 Å². The van der Waals surface area contributed by atoms with Crippen LogP contribution >= 0.6 is 11.7 Å². The van der Waals surface area contributed by atoms with Gasteiger partial charge in [0, 0.05) is 13.6 Å². The Kier molecular flexibility index (Phi) is 5.53. The molecule has 11 heteroatoms. The van der Waals surface area contributed by atoms with E-state index in [1.54, 1.807) is 18.2 Å². The lowest BCUT2D eigenvalue weighted by Crippen LogP contribution is -2.26. The zero-order chi connectivity index (χ0) is 19.6. The van der Waals surface area contributed by atoms with Crippen molar-refractivity contribution >= 4 is 32.8 Å². The van der Waals surface area contributed by atoms with Crippen LogP contribution in [0.5, 0.6) is 11.5 Å². The molecule has 0 amide bonds. The van der Waals surface area contributed by atoms with Crippen LogP contribution < -0.4 is 9.47 Å². The second-order valence-electron chi connectivity index (χ2n) is 5.51. The molecule has 0 radical (unpaired) electrons. The van der Waals surface area contributed by atoms with Gasteiger partial charge in [-0.05, 0) is 29.8 Å². The van der Waals surface area contributed by atoms with E-state index in [0.717, 1.165) is 16.0 Å². The SMILES string of the molecule is COc1ccc(CN(C)S(=O)(=O)c2cccc3nsnc23)cc1OC(F)F. The van der Waals surface area contributed by atoms with Crippen LogP contribution in [0.15, 0.2) is 41.3 Å². The molecular weight excluding hydrogens is 400 g/mol. The zero-order valence-electron chi connectivity index (χ0n) is 14.3. The maximum Gasteiger partial charge on any atom is 0.387 e. The Morgan fingerprint density at radius 1 is 1.19 bits per heavy atom. The normalized spacial score (nSPS) is 12.1. The molecular formula is C16H15F2N3O4S2. The van der Waals surface area contributed by atoms with Gasteiger partial charge in [-0.15, -0.1) is 0 Å². The molecule has 1 aromatic heterocycles. The van der Waals surface area contributed by atoms with Crippen molar-refractivity contribution in [3.05, 3.63) is 42.0 Å². The fraction of sp³-hybridized carbons (Fsp3) is 0.250. The van der Waals surface area contributed by atoms with E-state index in [1.165, 1.54) is 32.4 Å². The van der Waals surface area contributed by atoms with E-state index in [9.17, 15) is 17.2 Å². The van der Waals surface area contributed by atoms with Crippen LogP contribution in [0.2, 0.25) is 0 Å². The van der Waals surface area contributed by atoms with E-state index in [1.807, 2.05) is 0 Å². The van der Waals surface area contributed by atoms with E-state index in [4.69, 9.17) is 4.74 Å². The molecule has 27 heavy (non-hydrogen) atoms. The summed E-state index contributed by atoms with van der Waals surface area (Å²) in [5.74, 6) is -0.0375. The van der Waals surface area contributed by atoms with Crippen molar-refractivity contribution in [3.63, 3.8) is 0 Å². The number of sulfonamides is 1. The van der Waals surface area contributed by atoms with Gasteiger partial charge in [0.2, 0.25) is 10.0 Å². The second kappa shape index (κ2) is 7.71. The molecule has 7 nitrogen and oxygen atoms in total. The number of ether oxygens (including phenoxy) is 2. The summed E-state index contributed by atoms with van der Waals surface area (Å²) in [4.78, 5) is 0.0359. The minimum absolute atomic E-state index is 0.0359. The van der Waals surface area contributed by atoms with Gasteiger partial charge in [0.05, 0.1) is 18.8 Å². The van der Waals surface area contributed by atoms with Crippen LogP contribution in [-0.4, -0.2) is 42.2 Å². The Hall–Kier alpha value is -2.37. The van der Waals surface area contributed by atoms with Gasteiger partial charge in [-0.2, -0.15) is 21.8 Å². The number of hydrogen-bond donors (Lipinski definition) is 0. The number of halogens is 2. The molecule has 0 atom stereocenters. The third kappa shape index (κ3) is 3.99. The van der Waals surface area contributed by atoms with Crippen LogP contribution in [0, 0.1) is 0 Å². The molecule has 3 aromatic rings.